The van der Waals surface area contributed by atoms with Crippen LogP contribution in [0.2, 0.25) is 0 Å². The van der Waals surface area contributed by atoms with Crippen molar-refractivity contribution in [2.24, 2.45) is 7.05 Å². The topological polar surface area (TPSA) is 73.7 Å². The molecule has 7 heteroatoms. The van der Waals surface area contributed by atoms with Crippen LogP contribution in [0.4, 0.5) is 4.79 Å². The molecule has 0 spiro atoms. The van der Waals surface area contributed by atoms with Gasteiger partial charge in [-0.3, -0.25) is 9.58 Å². The van der Waals surface area contributed by atoms with Crippen LogP contribution in [-0.4, -0.2) is 45.5 Å². The Labute approximate surface area is 136 Å². The third kappa shape index (κ3) is 4.03. The maximum Gasteiger partial charge on any atom is 0.410 e. The fraction of sp³-hybridized carbons (Fsp3) is 0.688. The second-order valence-electron chi connectivity index (χ2n) is 6.63. The Morgan fingerprint density at radius 3 is 2.70 bits per heavy atom. The highest BCUT2D eigenvalue weighted by atomic mass is 16.6. The van der Waals surface area contributed by atoms with E-state index in [-0.39, 0.29) is 12.1 Å². The molecule has 1 saturated heterocycles. The van der Waals surface area contributed by atoms with Gasteiger partial charge < -0.3 is 9.47 Å². The molecule has 1 atom stereocenters. The van der Waals surface area contributed by atoms with Gasteiger partial charge in [0.05, 0.1) is 18.3 Å². The third-order valence-corrected chi connectivity index (χ3v) is 3.61. The summed E-state index contributed by atoms with van der Waals surface area (Å²) in [6.45, 7) is 8.23. The number of ether oxygens (including phenoxy) is 2. The Morgan fingerprint density at radius 2 is 2.09 bits per heavy atom. The minimum atomic E-state index is -0.537. The fourth-order valence-corrected chi connectivity index (χ4v) is 2.66. The molecule has 128 valence electrons. The Bertz CT molecular complexity index is 589. The molecule has 0 saturated carbocycles. The Balaban J connectivity index is 2.19. The molecule has 0 radical (unpaired) electrons. The molecule has 0 unspecified atom stereocenters. The van der Waals surface area contributed by atoms with Gasteiger partial charge >= 0.3 is 12.1 Å². The molecule has 23 heavy (non-hydrogen) atoms. The normalized spacial score (nSPS) is 18.1. The first kappa shape index (κ1) is 17.3. The number of nitrogens with zero attached hydrogens (tertiary/aromatic N) is 3. The summed E-state index contributed by atoms with van der Waals surface area (Å²) in [5, 5.41) is 4.39. The smallest absolute Gasteiger partial charge is 0.410 e. The van der Waals surface area contributed by atoms with E-state index < -0.39 is 11.6 Å². The maximum atomic E-state index is 12.4. The van der Waals surface area contributed by atoms with Crippen LogP contribution in [0, 0.1) is 0 Å². The van der Waals surface area contributed by atoms with Crippen LogP contribution in [0.1, 0.15) is 62.8 Å². The van der Waals surface area contributed by atoms with Gasteiger partial charge in [-0.1, -0.05) is 0 Å². The molecule has 1 aromatic heterocycles. The predicted molar refractivity (Wildman–Crippen MR) is 84.1 cm³/mol. The molecule has 0 N–H and O–H groups in total. The van der Waals surface area contributed by atoms with Crippen molar-refractivity contribution < 1.29 is 19.1 Å². The average molecular weight is 323 g/mol. The largest absolute Gasteiger partial charge is 0.461 e. The fourth-order valence-electron chi connectivity index (χ4n) is 2.66. The zero-order chi connectivity index (χ0) is 17.2. The standard InChI is InChI=1S/C16H25N3O4/c1-6-22-14(20)13-10-11(17-18(13)5)12-8-7-9-19(12)15(21)23-16(2,3)4/h10,12H,6-9H2,1-5H3/t12-/m1/s1. The summed E-state index contributed by atoms with van der Waals surface area (Å²) in [5.41, 5.74) is 0.543. The van der Waals surface area contributed by atoms with Gasteiger partial charge in [-0.2, -0.15) is 5.10 Å². The molecule has 1 aromatic rings. The summed E-state index contributed by atoms with van der Waals surface area (Å²) in [5.74, 6) is -0.407. The van der Waals surface area contributed by atoms with E-state index >= 15 is 0 Å². The summed E-state index contributed by atoms with van der Waals surface area (Å²) < 4.78 is 12.0. The molecule has 1 fully saturated rings. The van der Waals surface area contributed by atoms with E-state index in [9.17, 15) is 9.59 Å². The van der Waals surface area contributed by atoms with Crippen molar-refractivity contribution in [2.45, 2.75) is 52.2 Å². The van der Waals surface area contributed by atoms with Gasteiger partial charge in [0.2, 0.25) is 0 Å². The molecule has 0 bridgehead atoms. The van der Waals surface area contributed by atoms with E-state index in [2.05, 4.69) is 5.10 Å². The average Bonchev–Trinajstić information content (AvgIpc) is 3.02. The second kappa shape index (κ2) is 6.60. The molecule has 1 aliphatic heterocycles. The molecular formula is C16H25N3O4. The van der Waals surface area contributed by atoms with Crippen molar-refractivity contribution >= 4 is 12.1 Å². The van der Waals surface area contributed by atoms with E-state index in [1.165, 1.54) is 4.68 Å². The molecule has 1 aliphatic rings. The van der Waals surface area contributed by atoms with Crippen molar-refractivity contribution in [1.29, 1.82) is 0 Å². The predicted octanol–water partition coefficient (Wildman–Crippen LogP) is 2.67. The number of likely N-dealkylation sites (tertiary alicyclic amines) is 1. The Hall–Kier alpha value is -2.05. The first-order valence-corrected chi connectivity index (χ1v) is 7.93. The summed E-state index contributed by atoms with van der Waals surface area (Å²) in [6.07, 6.45) is 1.34. The molecule has 2 rings (SSSR count). The van der Waals surface area contributed by atoms with Gasteiger partial charge in [0, 0.05) is 13.6 Å². The Morgan fingerprint density at radius 1 is 1.39 bits per heavy atom. The van der Waals surface area contributed by atoms with E-state index in [0.717, 1.165) is 12.8 Å². The number of hydrogen-bond donors (Lipinski definition) is 0. The van der Waals surface area contributed by atoms with Crippen LogP contribution < -0.4 is 0 Å². The van der Waals surface area contributed by atoms with Gasteiger partial charge in [0.25, 0.3) is 0 Å². The highest BCUT2D eigenvalue weighted by Gasteiger charge is 2.35. The van der Waals surface area contributed by atoms with Crippen molar-refractivity contribution in [3.05, 3.63) is 17.5 Å². The van der Waals surface area contributed by atoms with E-state index in [1.807, 2.05) is 20.8 Å². The van der Waals surface area contributed by atoms with Crippen LogP contribution in [0.5, 0.6) is 0 Å². The number of aromatic nitrogens is 2. The van der Waals surface area contributed by atoms with Crippen molar-refractivity contribution in [1.82, 2.24) is 14.7 Å². The number of hydrogen-bond acceptors (Lipinski definition) is 5. The van der Waals surface area contributed by atoms with E-state index in [0.29, 0.717) is 24.5 Å². The van der Waals surface area contributed by atoms with E-state index in [1.54, 1.807) is 24.9 Å². The van der Waals surface area contributed by atoms with Crippen LogP contribution in [0.25, 0.3) is 0 Å². The van der Waals surface area contributed by atoms with Crippen LogP contribution in [0.15, 0.2) is 6.07 Å². The van der Waals surface area contributed by atoms with Crippen LogP contribution in [-0.2, 0) is 16.5 Å². The Kier molecular flexibility index (Phi) is 4.97. The zero-order valence-electron chi connectivity index (χ0n) is 14.5. The lowest BCUT2D eigenvalue weighted by Gasteiger charge is -2.27. The monoisotopic (exact) mass is 323 g/mol. The lowest BCUT2D eigenvalue weighted by molar-refractivity contribution is 0.0221. The summed E-state index contributed by atoms with van der Waals surface area (Å²) >= 11 is 0. The summed E-state index contributed by atoms with van der Waals surface area (Å²) in [4.78, 5) is 25.9. The molecular weight excluding hydrogens is 298 g/mol. The molecule has 1 amide bonds. The van der Waals surface area contributed by atoms with Gasteiger partial charge in [-0.05, 0) is 46.6 Å². The molecule has 0 aliphatic carbocycles. The highest BCUT2D eigenvalue weighted by Crippen LogP contribution is 2.32. The van der Waals surface area contributed by atoms with Crippen molar-refractivity contribution in [3.63, 3.8) is 0 Å². The second-order valence-corrected chi connectivity index (χ2v) is 6.63. The number of rotatable bonds is 3. The third-order valence-electron chi connectivity index (χ3n) is 3.61. The number of carbonyl (C=O) groups excluding carboxylic acids is 2. The SMILES string of the molecule is CCOC(=O)c1cc([C@H]2CCCN2C(=O)OC(C)(C)C)nn1C. The van der Waals surface area contributed by atoms with Crippen molar-refractivity contribution in [3.8, 4) is 0 Å². The first-order chi connectivity index (χ1) is 10.7. The summed E-state index contributed by atoms with van der Waals surface area (Å²) in [7, 11) is 1.70. The number of aryl methyl sites for hydroxylation is 1. The van der Waals surface area contributed by atoms with Gasteiger partial charge in [0.1, 0.15) is 11.3 Å². The highest BCUT2D eigenvalue weighted by molar-refractivity contribution is 5.87. The van der Waals surface area contributed by atoms with Crippen molar-refractivity contribution in [2.75, 3.05) is 13.2 Å². The van der Waals surface area contributed by atoms with Gasteiger partial charge in [-0.25, -0.2) is 9.59 Å². The quantitative estimate of drug-likeness (QED) is 0.800. The molecule has 0 aromatic carbocycles. The molecule has 7 nitrogen and oxygen atoms in total. The number of carbonyl (C=O) groups is 2. The summed E-state index contributed by atoms with van der Waals surface area (Å²) in [6, 6.07) is 1.53. The van der Waals surface area contributed by atoms with Crippen LogP contribution >= 0.6 is 0 Å². The first-order valence-electron chi connectivity index (χ1n) is 7.93. The van der Waals surface area contributed by atoms with Gasteiger partial charge in [0.15, 0.2) is 0 Å². The van der Waals surface area contributed by atoms with Crippen LogP contribution in [0.3, 0.4) is 0 Å². The maximum absolute atomic E-state index is 12.4. The number of amides is 1. The zero-order valence-corrected chi connectivity index (χ0v) is 14.5. The minimum absolute atomic E-state index is 0.167. The minimum Gasteiger partial charge on any atom is -0.461 e. The van der Waals surface area contributed by atoms with E-state index in [4.69, 9.17) is 9.47 Å². The van der Waals surface area contributed by atoms with Gasteiger partial charge in [-0.15, -0.1) is 0 Å². The lowest BCUT2D eigenvalue weighted by atomic mass is 10.1. The lowest BCUT2D eigenvalue weighted by Crippen LogP contribution is -2.36. The molecule has 2 heterocycles. The number of esters is 1.